The number of rotatable bonds is 4. The van der Waals surface area contributed by atoms with Crippen LogP contribution in [0.4, 0.5) is 5.69 Å². The molecule has 3 rings (SSSR count). The van der Waals surface area contributed by atoms with Gasteiger partial charge in [-0.05, 0) is 48.1 Å². The molecule has 2 aromatic rings. The molecule has 0 saturated carbocycles. The highest BCUT2D eigenvalue weighted by Gasteiger charge is 2.35. The smallest absolute Gasteiger partial charge is 0.270 e. The van der Waals surface area contributed by atoms with Gasteiger partial charge in [0.15, 0.2) is 16.6 Å². The third kappa shape index (κ3) is 3.69. The fraction of sp³-hybridized carbons (Fsp3) is 0.105. The van der Waals surface area contributed by atoms with Gasteiger partial charge in [0.2, 0.25) is 0 Å². The van der Waals surface area contributed by atoms with E-state index in [-0.39, 0.29) is 26.4 Å². The van der Waals surface area contributed by atoms with Crippen molar-refractivity contribution in [1.29, 1.82) is 0 Å². The van der Waals surface area contributed by atoms with Gasteiger partial charge < -0.3 is 9.47 Å². The Morgan fingerprint density at radius 1 is 1.07 bits per heavy atom. The van der Waals surface area contributed by atoms with Crippen LogP contribution in [0.25, 0.3) is 6.08 Å². The van der Waals surface area contributed by atoms with Gasteiger partial charge in [-0.2, -0.15) is 0 Å². The number of nitrogens with zero attached hydrogens (tertiary/aromatic N) is 1. The van der Waals surface area contributed by atoms with E-state index < -0.39 is 11.8 Å². The molecule has 2 amide bonds. The van der Waals surface area contributed by atoms with Gasteiger partial charge in [-0.1, -0.05) is 35.3 Å². The van der Waals surface area contributed by atoms with E-state index in [1.807, 2.05) is 0 Å². The monoisotopic (exact) mass is 436 g/mol. The molecule has 0 radical (unpaired) electrons. The van der Waals surface area contributed by atoms with Crippen LogP contribution in [0.3, 0.4) is 0 Å². The molecule has 2 aromatic carbocycles. The Morgan fingerprint density at radius 2 is 1.79 bits per heavy atom. The lowest BCUT2D eigenvalue weighted by molar-refractivity contribution is -0.122. The summed E-state index contributed by atoms with van der Waals surface area (Å²) >= 11 is 17.4. The summed E-state index contributed by atoms with van der Waals surface area (Å²) in [5.41, 5.74) is 0.736. The Hall–Kier alpha value is -2.61. The van der Waals surface area contributed by atoms with E-state index >= 15 is 0 Å². The highest BCUT2D eigenvalue weighted by molar-refractivity contribution is 7.80. The van der Waals surface area contributed by atoms with E-state index in [1.165, 1.54) is 20.3 Å². The topological polar surface area (TPSA) is 67.9 Å². The molecule has 0 bridgehead atoms. The highest BCUT2D eigenvalue weighted by Crippen LogP contribution is 2.35. The summed E-state index contributed by atoms with van der Waals surface area (Å²) in [6.45, 7) is 0. The van der Waals surface area contributed by atoms with E-state index in [9.17, 15) is 9.59 Å². The van der Waals surface area contributed by atoms with Gasteiger partial charge in [0.1, 0.15) is 5.57 Å². The summed E-state index contributed by atoms with van der Waals surface area (Å²) in [4.78, 5) is 26.6. The average Bonchev–Trinajstić information content (AvgIpc) is 2.68. The molecule has 1 fully saturated rings. The third-order valence-electron chi connectivity index (χ3n) is 3.99. The number of carbonyl (C=O) groups is 2. The van der Waals surface area contributed by atoms with Crippen molar-refractivity contribution in [2.24, 2.45) is 0 Å². The molecule has 0 unspecified atom stereocenters. The Kier molecular flexibility index (Phi) is 5.88. The zero-order chi connectivity index (χ0) is 20.4. The first-order valence-electron chi connectivity index (χ1n) is 7.95. The second-order valence-corrected chi connectivity index (χ2v) is 6.82. The van der Waals surface area contributed by atoms with Gasteiger partial charge in [0.05, 0.1) is 30.0 Å². The summed E-state index contributed by atoms with van der Waals surface area (Å²) in [6, 6.07) is 9.82. The molecule has 0 aromatic heterocycles. The minimum atomic E-state index is -0.618. The largest absolute Gasteiger partial charge is 0.493 e. The number of amides is 2. The molecule has 28 heavy (non-hydrogen) atoms. The summed E-state index contributed by atoms with van der Waals surface area (Å²) in [5.74, 6) is -0.241. The molecule has 144 valence electrons. The Bertz CT molecular complexity index is 1020. The molecular weight excluding hydrogens is 423 g/mol. The summed E-state index contributed by atoms with van der Waals surface area (Å²) in [7, 11) is 3.01. The van der Waals surface area contributed by atoms with Gasteiger partial charge in [-0.25, -0.2) is 0 Å². The molecule has 6 nitrogen and oxygen atoms in total. The van der Waals surface area contributed by atoms with Gasteiger partial charge in [0, 0.05) is 0 Å². The Morgan fingerprint density at radius 3 is 2.46 bits per heavy atom. The molecule has 1 N–H and O–H groups in total. The number of thiocarbonyl (C=S) groups is 1. The quantitative estimate of drug-likeness (QED) is 0.447. The predicted molar refractivity (Wildman–Crippen MR) is 112 cm³/mol. The Labute approximate surface area is 176 Å². The van der Waals surface area contributed by atoms with Crippen molar-refractivity contribution in [3.05, 3.63) is 57.6 Å². The van der Waals surface area contributed by atoms with Crippen molar-refractivity contribution < 1.29 is 19.1 Å². The first-order chi connectivity index (χ1) is 13.4. The fourth-order valence-corrected chi connectivity index (χ4v) is 3.30. The fourth-order valence-electron chi connectivity index (χ4n) is 2.65. The molecule has 0 aliphatic carbocycles. The van der Waals surface area contributed by atoms with Crippen molar-refractivity contribution in [2.45, 2.75) is 0 Å². The molecule has 9 heteroatoms. The predicted octanol–water partition coefficient (Wildman–Crippen LogP) is 3.84. The van der Waals surface area contributed by atoms with Crippen LogP contribution in [0.1, 0.15) is 5.56 Å². The van der Waals surface area contributed by atoms with E-state index in [4.69, 9.17) is 44.9 Å². The SMILES string of the molecule is COc1ccc(/C=C2\C(=O)NC(=S)N(c3cccc(Cl)c3Cl)C2=O)cc1OC. The molecule has 1 heterocycles. The van der Waals surface area contributed by atoms with Crippen LogP contribution >= 0.6 is 35.4 Å². The summed E-state index contributed by atoms with van der Waals surface area (Å²) < 4.78 is 10.4. The first kappa shape index (κ1) is 20.1. The van der Waals surface area contributed by atoms with E-state index in [0.717, 1.165) is 4.90 Å². The number of hydrogen-bond donors (Lipinski definition) is 1. The van der Waals surface area contributed by atoms with Crippen LogP contribution in [-0.2, 0) is 9.59 Å². The van der Waals surface area contributed by atoms with Crippen LogP contribution in [0.5, 0.6) is 11.5 Å². The second kappa shape index (κ2) is 8.18. The van der Waals surface area contributed by atoms with Crippen molar-refractivity contribution in [1.82, 2.24) is 5.32 Å². The van der Waals surface area contributed by atoms with Crippen LogP contribution in [0.15, 0.2) is 42.0 Å². The summed E-state index contributed by atoms with van der Waals surface area (Å²) in [6.07, 6.45) is 1.44. The molecular formula is C19H14Cl2N2O4S. The molecule has 0 spiro atoms. The maximum atomic E-state index is 13.0. The van der Waals surface area contributed by atoms with Crippen molar-refractivity contribution in [3.8, 4) is 11.5 Å². The van der Waals surface area contributed by atoms with Crippen LogP contribution < -0.4 is 19.7 Å². The second-order valence-electron chi connectivity index (χ2n) is 5.65. The minimum absolute atomic E-state index is 0.0800. The van der Waals surface area contributed by atoms with E-state index in [1.54, 1.807) is 36.4 Å². The zero-order valence-corrected chi connectivity index (χ0v) is 17.1. The van der Waals surface area contributed by atoms with Crippen molar-refractivity contribution >= 4 is 64.1 Å². The number of methoxy groups -OCH3 is 2. The van der Waals surface area contributed by atoms with Gasteiger partial charge in [0.25, 0.3) is 11.8 Å². The zero-order valence-electron chi connectivity index (χ0n) is 14.8. The Balaban J connectivity index is 2.05. The normalized spacial score (nSPS) is 15.6. The molecule has 0 atom stereocenters. The number of benzene rings is 2. The number of hydrogen-bond acceptors (Lipinski definition) is 5. The van der Waals surface area contributed by atoms with Crippen LogP contribution in [-0.4, -0.2) is 31.1 Å². The summed E-state index contributed by atoms with van der Waals surface area (Å²) in [5, 5.41) is 2.83. The minimum Gasteiger partial charge on any atom is -0.493 e. The number of carbonyl (C=O) groups excluding carboxylic acids is 2. The average molecular weight is 437 g/mol. The lowest BCUT2D eigenvalue weighted by Crippen LogP contribution is -2.54. The third-order valence-corrected chi connectivity index (χ3v) is 5.09. The maximum absolute atomic E-state index is 13.0. The van der Waals surface area contributed by atoms with Crippen LogP contribution in [0.2, 0.25) is 10.0 Å². The first-order valence-corrected chi connectivity index (χ1v) is 9.11. The molecule has 1 aliphatic heterocycles. The van der Waals surface area contributed by atoms with Crippen molar-refractivity contribution in [3.63, 3.8) is 0 Å². The number of nitrogens with one attached hydrogen (secondary N) is 1. The lowest BCUT2D eigenvalue weighted by atomic mass is 10.1. The van der Waals surface area contributed by atoms with Gasteiger partial charge in [-0.3, -0.25) is 19.8 Å². The standard InChI is InChI=1S/C19H14Cl2N2O4S/c1-26-14-7-6-10(9-15(14)27-2)8-11-17(24)22-19(28)23(18(11)25)13-5-3-4-12(20)16(13)21/h3-9H,1-2H3,(H,22,24,28)/b11-8+. The van der Waals surface area contributed by atoms with E-state index in [0.29, 0.717) is 17.1 Å². The molecule has 1 saturated heterocycles. The maximum Gasteiger partial charge on any atom is 0.270 e. The number of ether oxygens (including phenoxy) is 2. The lowest BCUT2D eigenvalue weighted by Gasteiger charge is -2.29. The van der Waals surface area contributed by atoms with Crippen LogP contribution in [0, 0.1) is 0 Å². The highest BCUT2D eigenvalue weighted by atomic mass is 35.5. The van der Waals surface area contributed by atoms with E-state index in [2.05, 4.69) is 5.32 Å². The number of anilines is 1. The van der Waals surface area contributed by atoms with Gasteiger partial charge in [-0.15, -0.1) is 0 Å². The van der Waals surface area contributed by atoms with Crippen molar-refractivity contribution in [2.75, 3.05) is 19.1 Å². The number of halogens is 2. The molecule has 1 aliphatic rings. The van der Waals surface area contributed by atoms with Gasteiger partial charge >= 0.3 is 0 Å².